The molecule has 2 aromatic rings. The van der Waals surface area contributed by atoms with Gasteiger partial charge in [-0.2, -0.15) is 17.0 Å². The highest BCUT2D eigenvalue weighted by atomic mass is 32.2. The Morgan fingerprint density at radius 1 is 1.28 bits per heavy atom. The number of nitriles is 1. The van der Waals surface area contributed by atoms with Gasteiger partial charge in [-0.3, -0.25) is 24.7 Å². The van der Waals surface area contributed by atoms with Crippen LogP contribution in [0.25, 0.3) is 0 Å². The van der Waals surface area contributed by atoms with E-state index in [-0.39, 0.29) is 16.3 Å². The highest BCUT2D eigenvalue weighted by Gasteiger charge is 2.41. The number of carbonyl (C=O) groups excluding carboxylic acids is 3. The van der Waals surface area contributed by atoms with Crippen LogP contribution in [0.5, 0.6) is 0 Å². The van der Waals surface area contributed by atoms with Crippen LogP contribution in [0, 0.1) is 11.3 Å². The largest absolute Gasteiger partial charge is 0.382 e. The number of aromatic nitrogens is 2. The average molecular weight is 549 g/mol. The van der Waals surface area contributed by atoms with E-state index in [1.807, 2.05) is 29.8 Å². The summed E-state index contributed by atoms with van der Waals surface area (Å²) in [5, 5.41) is 15.7. The van der Waals surface area contributed by atoms with Crippen molar-refractivity contribution in [3.05, 3.63) is 40.7 Å². The molecule has 0 aromatic carbocycles. The number of hydrogen-bond donors (Lipinski definition) is 2. The third-order valence-corrected chi connectivity index (χ3v) is 9.02. The van der Waals surface area contributed by atoms with E-state index in [9.17, 15) is 19.6 Å². The Bertz CT molecular complexity index is 1340. The van der Waals surface area contributed by atoms with E-state index in [1.165, 1.54) is 11.1 Å². The van der Waals surface area contributed by atoms with Gasteiger partial charge in [0.15, 0.2) is 6.29 Å². The SMILES string of the molecule is CSC1(CNc2cc(NC(=O)N3CCCc4cc(CN5CCN(C)CC5=O)c(C=O)nc43)ncc2C#N)CC1. The lowest BCUT2D eigenvalue weighted by atomic mass is 10.0. The number of thioether (sulfide) groups is 1. The molecule has 3 aliphatic rings. The first-order chi connectivity index (χ1) is 18.8. The number of urea groups is 1. The zero-order valence-corrected chi connectivity index (χ0v) is 23.0. The molecule has 11 nitrogen and oxygen atoms in total. The van der Waals surface area contributed by atoms with Crippen molar-refractivity contribution in [1.82, 2.24) is 19.8 Å². The van der Waals surface area contributed by atoms with Crippen LogP contribution in [0.2, 0.25) is 0 Å². The molecule has 1 aliphatic carbocycles. The van der Waals surface area contributed by atoms with E-state index >= 15 is 0 Å². The molecule has 2 fully saturated rings. The standard InChI is InChI=1S/C27H32N8O3S/c1-33-8-9-34(24(37)15-33)14-19-10-18-4-3-7-35(25(18)31-22(19)16-36)26(38)32-23-11-21(20(12-28)13-29-23)30-17-27(39-2)5-6-27/h10-11,13,16H,3-9,14-15,17H2,1-2H3,(H2,29,30,32,38). The molecule has 0 spiro atoms. The van der Waals surface area contributed by atoms with E-state index in [0.717, 1.165) is 44.3 Å². The Kier molecular flexibility index (Phi) is 7.72. The molecule has 0 bridgehead atoms. The molecule has 1 saturated heterocycles. The van der Waals surface area contributed by atoms with Gasteiger partial charge in [-0.15, -0.1) is 0 Å². The number of hydrogen-bond acceptors (Lipinski definition) is 9. The molecule has 1 saturated carbocycles. The molecular formula is C27H32N8O3S. The fourth-order valence-corrected chi connectivity index (χ4v) is 5.69. The smallest absolute Gasteiger partial charge is 0.328 e. The van der Waals surface area contributed by atoms with Crippen molar-refractivity contribution in [2.24, 2.45) is 0 Å². The molecule has 2 aromatic heterocycles. The quantitative estimate of drug-likeness (QED) is 0.478. The monoisotopic (exact) mass is 548 g/mol. The van der Waals surface area contributed by atoms with E-state index in [1.54, 1.807) is 11.0 Å². The van der Waals surface area contributed by atoms with Gasteiger partial charge in [-0.25, -0.2) is 14.8 Å². The number of nitrogens with zero attached hydrogens (tertiary/aromatic N) is 6. The molecule has 39 heavy (non-hydrogen) atoms. The molecule has 0 unspecified atom stereocenters. The minimum absolute atomic E-state index is 0.0175. The molecule has 0 radical (unpaired) electrons. The van der Waals surface area contributed by atoms with Crippen molar-refractivity contribution in [2.45, 2.75) is 37.0 Å². The van der Waals surface area contributed by atoms with E-state index in [2.05, 4.69) is 32.9 Å². The van der Waals surface area contributed by atoms with Crippen molar-refractivity contribution < 1.29 is 14.4 Å². The lowest BCUT2D eigenvalue weighted by Crippen LogP contribution is -2.48. The highest BCUT2D eigenvalue weighted by molar-refractivity contribution is 8.00. The number of piperazine rings is 1. The summed E-state index contributed by atoms with van der Waals surface area (Å²) in [5.41, 5.74) is 2.82. The fourth-order valence-electron chi connectivity index (χ4n) is 4.97. The molecule has 2 N–H and O–H groups in total. The number of fused-ring (bicyclic) bond motifs is 1. The summed E-state index contributed by atoms with van der Waals surface area (Å²) in [6, 6.07) is 5.33. The van der Waals surface area contributed by atoms with Crippen LogP contribution >= 0.6 is 11.8 Å². The van der Waals surface area contributed by atoms with Crippen LogP contribution in [0.3, 0.4) is 0 Å². The Morgan fingerprint density at radius 3 is 2.79 bits per heavy atom. The summed E-state index contributed by atoms with van der Waals surface area (Å²) in [6.45, 7) is 3.20. The number of anilines is 3. The second-order valence-electron chi connectivity index (χ2n) is 10.3. The van der Waals surface area contributed by atoms with Gasteiger partial charge in [-0.05, 0) is 50.6 Å². The second kappa shape index (κ2) is 11.2. The van der Waals surface area contributed by atoms with Crippen LogP contribution in [-0.2, 0) is 17.8 Å². The van der Waals surface area contributed by atoms with Crippen molar-refractivity contribution in [3.63, 3.8) is 0 Å². The zero-order valence-electron chi connectivity index (χ0n) is 22.2. The summed E-state index contributed by atoms with van der Waals surface area (Å²) >= 11 is 1.82. The molecule has 3 amide bonds. The lowest BCUT2D eigenvalue weighted by Gasteiger charge is -2.33. The van der Waals surface area contributed by atoms with Gasteiger partial charge in [0.05, 0.1) is 17.8 Å². The Labute approximate surface area is 231 Å². The minimum atomic E-state index is -0.409. The summed E-state index contributed by atoms with van der Waals surface area (Å²) in [5.74, 6) is 0.782. The number of amides is 3. The Hall–Kier alpha value is -3.69. The number of carbonyl (C=O) groups is 3. The third kappa shape index (κ3) is 5.84. The summed E-state index contributed by atoms with van der Waals surface area (Å²) in [6.07, 6.45) is 7.95. The topological polar surface area (TPSA) is 135 Å². The summed E-state index contributed by atoms with van der Waals surface area (Å²) in [7, 11) is 1.91. The minimum Gasteiger partial charge on any atom is -0.382 e. The molecule has 2 aliphatic heterocycles. The molecule has 5 rings (SSSR count). The van der Waals surface area contributed by atoms with E-state index < -0.39 is 6.03 Å². The van der Waals surface area contributed by atoms with Crippen LogP contribution in [0.4, 0.5) is 22.1 Å². The van der Waals surface area contributed by atoms with Crippen molar-refractivity contribution >= 4 is 47.3 Å². The highest BCUT2D eigenvalue weighted by Crippen LogP contribution is 2.47. The molecule has 204 valence electrons. The van der Waals surface area contributed by atoms with Crippen LogP contribution in [0.15, 0.2) is 18.3 Å². The summed E-state index contributed by atoms with van der Waals surface area (Å²) < 4.78 is 0.204. The fraction of sp³-hybridized carbons (Fsp3) is 0.481. The number of likely N-dealkylation sites (N-methyl/N-ethyl adjacent to an activating group) is 1. The van der Waals surface area contributed by atoms with Crippen LogP contribution in [-0.4, -0.2) is 88.8 Å². The maximum Gasteiger partial charge on any atom is 0.328 e. The van der Waals surface area contributed by atoms with Gasteiger partial charge in [0, 0.05) is 55.3 Å². The van der Waals surface area contributed by atoms with Crippen LogP contribution in [0.1, 0.15) is 46.4 Å². The number of aryl methyl sites for hydroxylation is 1. The van der Waals surface area contributed by atoms with Gasteiger partial charge >= 0.3 is 6.03 Å². The molecule has 12 heteroatoms. The van der Waals surface area contributed by atoms with Crippen LogP contribution < -0.4 is 15.5 Å². The van der Waals surface area contributed by atoms with Gasteiger partial charge in [0.25, 0.3) is 0 Å². The zero-order chi connectivity index (χ0) is 27.6. The first-order valence-electron chi connectivity index (χ1n) is 13.1. The molecule has 4 heterocycles. The Morgan fingerprint density at radius 2 is 2.10 bits per heavy atom. The first-order valence-corrected chi connectivity index (χ1v) is 14.3. The number of aldehydes is 1. The van der Waals surface area contributed by atoms with Crippen molar-refractivity contribution in [1.29, 1.82) is 5.26 Å². The first kappa shape index (κ1) is 26.9. The Balaban J connectivity index is 1.33. The third-order valence-electron chi connectivity index (χ3n) is 7.60. The maximum atomic E-state index is 13.3. The lowest BCUT2D eigenvalue weighted by molar-refractivity contribution is -0.136. The average Bonchev–Trinajstić information content (AvgIpc) is 3.73. The molecule has 0 atom stereocenters. The predicted molar refractivity (Wildman–Crippen MR) is 150 cm³/mol. The van der Waals surface area contributed by atoms with Gasteiger partial charge in [0.2, 0.25) is 5.91 Å². The van der Waals surface area contributed by atoms with Crippen molar-refractivity contribution in [2.75, 3.05) is 61.6 Å². The van der Waals surface area contributed by atoms with Crippen molar-refractivity contribution in [3.8, 4) is 6.07 Å². The predicted octanol–water partition coefficient (Wildman–Crippen LogP) is 2.73. The van der Waals surface area contributed by atoms with Gasteiger partial charge < -0.3 is 10.2 Å². The number of pyridine rings is 2. The normalized spacial score (nSPS) is 18.2. The van der Waals surface area contributed by atoms with Gasteiger partial charge in [-0.1, -0.05) is 0 Å². The van der Waals surface area contributed by atoms with Gasteiger partial charge in [0.1, 0.15) is 23.4 Å². The second-order valence-corrected chi connectivity index (χ2v) is 11.6. The summed E-state index contributed by atoms with van der Waals surface area (Å²) in [4.78, 5) is 51.9. The number of nitrogens with one attached hydrogen (secondary N) is 2. The van der Waals surface area contributed by atoms with E-state index in [0.29, 0.717) is 60.9 Å². The van der Waals surface area contributed by atoms with E-state index in [4.69, 9.17) is 0 Å². The number of rotatable bonds is 8. The maximum absolute atomic E-state index is 13.3. The molecular weight excluding hydrogens is 516 g/mol.